The molecule has 8 heteroatoms. The summed E-state index contributed by atoms with van der Waals surface area (Å²) in [5.74, 6) is -0.287. The van der Waals surface area contributed by atoms with Gasteiger partial charge in [0.2, 0.25) is 5.91 Å². The Morgan fingerprint density at radius 3 is 2.57 bits per heavy atom. The maximum absolute atomic E-state index is 12.1. The van der Waals surface area contributed by atoms with Gasteiger partial charge in [-0.1, -0.05) is 11.3 Å². The highest BCUT2D eigenvalue weighted by Crippen LogP contribution is 2.39. The number of thiazole rings is 1. The molecule has 1 N–H and O–H groups in total. The third-order valence-electron chi connectivity index (χ3n) is 3.77. The molecule has 2 aromatic heterocycles. The Labute approximate surface area is 166 Å². The molecule has 0 fully saturated rings. The number of rotatable bonds is 7. The van der Waals surface area contributed by atoms with Crippen LogP contribution >= 0.6 is 11.3 Å². The van der Waals surface area contributed by atoms with Gasteiger partial charge in [0.25, 0.3) is 0 Å². The van der Waals surface area contributed by atoms with E-state index in [1.165, 1.54) is 11.3 Å². The zero-order valence-corrected chi connectivity index (χ0v) is 16.3. The second-order valence-electron chi connectivity index (χ2n) is 5.70. The van der Waals surface area contributed by atoms with Crippen LogP contribution in [-0.4, -0.2) is 35.6 Å². The highest BCUT2D eigenvalue weighted by Gasteiger charge is 2.18. The zero-order valence-electron chi connectivity index (χ0n) is 15.5. The van der Waals surface area contributed by atoms with Crippen molar-refractivity contribution in [1.29, 1.82) is 0 Å². The number of benzene rings is 1. The lowest BCUT2D eigenvalue weighted by molar-refractivity contribution is -0.145. The summed E-state index contributed by atoms with van der Waals surface area (Å²) in [7, 11) is 1.61. The molecule has 0 saturated heterocycles. The summed E-state index contributed by atoms with van der Waals surface area (Å²) < 4.78 is 10.0. The largest absolute Gasteiger partial charge is 0.497 e. The van der Waals surface area contributed by atoms with Crippen molar-refractivity contribution in [2.45, 2.75) is 13.3 Å². The van der Waals surface area contributed by atoms with E-state index in [4.69, 9.17) is 9.47 Å². The molecule has 0 aliphatic heterocycles. The summed E-state index contributed by atoms with van der Waals surface area (Å²) in [6, 6.07) is 11.3. The van der Waals surface area contributed by atoms with E-state index in [0.29, 0.717) is 10.8 Å². The van der Waals surface area contributed by atoms with Gasteiger partial charge in [0.1, 0.15) is 12.2 Å². The first kappa shape index (κ1) is 19.5. The first-order chi connectivity index (χ1) is 13.6. The van der Waals surface area contributed by atoms with Crippen molar-refractivity contribution in [2.24, 2.45) is 0 Å². The number of pyridine rings is 1. The molecule has 144 valence electrons. The normalized spacial score (nSPS) is 10.4. The highest BCUT2D eigenvalue weighted by molar-refractivity contribution is 7.19. The van der Waals surface area contributed by atoms with Crippen LogP contribution in [0.3, 0.4) is 0 Å². The summed E-state index contributed by atoms with van der Waals surface area (Å²) >= 11 is 1.33. The van der Waals surface area contributed by atoms with Crippen molar-refractivity contribution in [3.8, 4) is 27.4 Å². The molecule has 0 aliphatic carbocycles. The average Bonchev–Trinajstić information content (AvgIpc) is 3.12. The molecule has 0 bridgehead atoms. The number of carbonyl (C=O) groups excluding carboxylic acids is 2. The first-order valence-electron chi connectivity index (χ1n) is 8.61. The van der Waals surface area contributed by atoms with E-state index in [9.17, 15) is 9.59 Å². The smallest absolute Gasteiger partial charge is 0.315 e. The van der Waals surface area contributed by atoms with Crippen LogP contribution in [-0.2, 0) is 14.3 Å². The predicted octanol–water partition coefficient (Wildman–Crippen LogP) is 3.77. The molecule has 1 aromatic carbocycles. The minimum atomic E-state index is -0.570. The second-order valence-corrected chi connectivity index (χ2v) is 6.70. The zero-order chi connectivity index (χ0) is 19.9. The number of hydrogen-bond acceptors (Lipinski definition) is 7. The number of methoxy groups -OCH3 is 1. The van der Waals surface area contributed by atoms with Gasteiger partial charge in [-0.05, 0) is 48.9 Å². The van der Waals surface area contributed by atoms with Gasteiger partial charge in [-0.15, -0.1) is 0 Å². The Balaban J connectivity index is 1.91. The maximum atomic E-state index is 12.1. The molecular formula is C20H19N3O4S. The van der Waals surface area contributed by atoms with Crippen LogP contribution in [0.1, 0.15) is 13.3 Å². The standard InChI is InChI=1S/C20H19N3O4S/c1-3-27-17(25)11-16(24)22-20-23-18(14-5-4-10-21-12-14)19(28-20)13-6-8-15(26-2)9-7-13/h4-10,12H,3,11H2,1-2H3,(H,22,23,24). The Bertz CT molecular complexity index is 955. The van der Waals surface area contributed by atoms with Crippen LogP contribution in [0.5, 0.6) is 5.75 Å². The number of carbonyl (C=O) groups is 2. The summed E-state index contributed by atoms with van der Waals surface area (Å²) in [4.78, 5) is 33.2. The second kappa shape index (κ2) is 9.09. The fourth-order valence-corrected chi connectivity index (χ4v) is 3.53. The van der Waals surface area contributed by atoms with Gasteiger partial charge in [-0.3, -0.25) is 14.6 Å². The SMILES string of the molecule is CCOC(=O)CC(=O)Nc1nc(-c2cccnc2)c(-c2ccc(OC)cc2)s1. The number of hydrogen-bond donors (Lipinski definition) is 1. The Morgan fingerprint density at radius 2 is 1.93 bits per heavy atom. The van der Waals surface area contributed by atoms with Gasteiger partial charge < -0.3 is 14.8 Å². The van der Waals surface area contributed by atoms with E-state index in [-0.39, 0.29) is 13.0 Å². The third-order valence-corrected chi connectivity index (χ3v) is 4.79. The van der Waals surface area contributed by atoms with Crippen molar-refractivity contribution in [1.82, 2.24) is 9.97 Å². The first-order valence-corrected chi connectivity index (χ1v) is 9.43. The molecule has 28 heavy (non-hydrogen) atoms. The van der Waals surface area contributed by atoms with Gasteiger partial charge in [-0.2, -0.15) is 0 Å². The quantitative estimate of drug-likeness (QED) is 0.482. The summed E-state index contributed by atoms with van der Waals surface area (Å²) in [5, 5.41) is 3.08. The number of aromatic nitrogens is 2. The van der Waals surface area contributed by atoms with Gasteiger partial charge in [0.15, 0.2) is 5.13 Å². The van der Waals surface area contributed by atoms with E-state index < -0.39 is 11.9 Å². The summed E-state index contributed by atoms with van der Waals surface area (Å²) in [6.07, 6.45) is 3.05. The van der Waals surface area contributed by atoms with Gasteiger partial charge in [0.05, 0.1) is 24.3 Å². The summed E-state index contributed by atoms with van der Waals surface area (Å²) in [5.41, 5.74) is 2.47. The minimum Gasteiger partial charge on any atom is -0.497 e. The monoisotopic (exact) mass is 397 g/mol. The maximum Gasteiger partial charge on any atom is 0.315 e. The Kier molecular flexibility index (Phi) is 6.33. The van der Waals surface area contributed by atoms with Crippen LogP contribution in [0.4, 0.5) is 5.13 Å². The molecule has 3 rings (SSSR count). The lowest BCUT2D eigenvalue weighted by Crippen LogP contribution is -2.18. The highest BCUT2D eigenvalue weighted by atomic mass is 32.1. The molecule has 1 amide bonds. The third kappa shape index (κ3) is 4.72. The molecule has 0 saturated carbocycles. The van der Waals surface area contributed by atoms with Crippen LogP contribution in [0, 0.1) is 0 Å². The van der Waals surface area contributed by atoms with Gasteiger partial charge in [0, 0.05) is 18.0 Å². The molecular weight excluding hydrogens is 378 g/mol. The number of ether oxygens (including phenoxy) is 2. The lowest BCUT2D eigenvalue weighted by atomic mass is 10.1. The minimum absolute atomic E-state index is 0.232. The molecule has 0 atom stereocenters. The molecule has 2 heterocycles. The van der Waals surface area contributed by atoms with Crippen molar-refractivity contribution >= 4 is 28.3 Å². The van der Waals surface area contributed by atoms with E-state index in [0.717, 1.165) is 21.8 Å². The summed E-state index contributed by atoms with van der Waals surface area (Å²) in [6.45, 7) is 1.92. The van der Waals surface area contributed by atoms with E-state index >= 15 is 0 Å². The van der Waals surface area contributed by atoms with E-state index in [2.05, 4.69) is 15.3 Å². The average molecular weight is 397 g/mol. The van der Waals surface area contributed by atoms with Gasteiger partial charge >= 0.3 is 5.97 Å². The predicted molar refractivity (Wildman–Crippen MR) is 107 cm³/mol. The molecule has 7 nitrogen and oxygen atoms in total. The number of esters is 1. The molecule has 0 unspecified atom stereocenters. The fraction of sp³-hybridized carbons (Fsp3) is 0.200. The van der Waals surface area contributed by atoms with E-state index in [1.54, 1.807) is 26.4 Å². The van der Waals surface area contributed by atoms with E-state index in [1.807, 2.05) is 36.4 Å². The number of nitrogens with one attached hydrogen (secondary N) is 1. The van der Waals surface area contributed by atoms with Crippen LogP contribution in [0.25, 0.3) is 21.7 Å². The molecule has 0 spiro atoms. The fourth-order valence-electron chi connectivity index (χ4n) is 2.52. The topological polar surface area (TPSA) is 90.4 Å². The van der Waals surface area contributed by atoms with Gasteiger partial charge in [-0.25, -0.2) is 4.98 Å². The molecule has 3 aromatic rings. The van der Waals surface area contributed by atoms with Crippen molar-refractivity contribution in [3.63, 3.8) is 0 Å². The van der Waals surface area contributed by atoms with Crippen molar-refractivity contribution in [3.05, 3.63) is 48.8 Å². The van der Waals surface area contributed by atoms with Crippen molar-refractivity contribution < 1.29 is 19.1 Å². The molecule has 0 radical (unpaired) electrons. The van der Waals surface area contributed by atoms with Crippen LogP contribution < -0.4 is 10.1 Å². The van der Waals surface area contributed by atoms with Crippen LogP contribution in [0.15, 0.2) is 48.8 Å². The Hall–Kier alpha value is -3.26. The Morgan fingerprint density at radius 1 is 1.14 bits per heavy atom. The number of nitrogens with zero attached hydrogens (tertiary/aromatic N) is 2. The van der Waals surface area contributed by atoms with Crippen LogP contribution in [0.2, 0.25) is 0 Å². The lowest BCUT2D eigenvalue weighted by Gasteiger charge is -2.04. The number of amides is 1. The molecule has 0 aliphatic rings. The number of anilines is 1. The van der Waals surface area contributed by atoms with Crippen molar-refractivity contribution in [2.75, 3.05) is 19.0 Å².